The Bertz CT molecular complexity index is 1310. The number of hydrogen-bond acceptors (Lipinski definition) is 7. The van der Waals surface area contributed by atoms with Gasteiger partial charge in [-0.25, -0.2) is 14.6 Å². The second-order valence-electron chi connectivity index (χ2n) is 7.82. The van der Waals surface area contributed by atoms with Gasteiger partial charge in [-0.15, -0.1) is 5.10 Å². The zero-order valence-electron chi connectivity index (χ0n) is 18.6. The molecule has 4 aromatic rings. The molecule has 0 atom stereocenters. The third kappa shape index (κ3) is 5.34. The van der Waals surface area contributed by atoms with E-state index in [0.717, 1.165) is 15.8 Å². The maximum absolute atomic E-state index is 13.6. The van der Waals surface area contributed by atoms with Crippen LogP contribution in [0.4, 0.5) is 5.69 Å². The van der Waals surface area contributed by atoms with Gasteiger partial charge in [0.2, 0.25) is 0 Å². The summed E-state index contributed by atoms with van der Waals surface area (Å²) < 4.78 is 2.68. The number of halogens is 2. The molecule has 0 unspecified atom stereocenters. The highest BCUT2D eigenvalue weighted by atomic mass is 79.9. The summed E-state index contributed by atoms with van der Waals surface area (Å²) in [5.74, 6) is 0.324. The summed E-state index contributed by atoms with van der Waals surface area (Å²) in [5, 5.41) is 10.00. The zero-order chi connectivity index (χ0) is 24.2. The number of carbonyl (C=O) groups excluding carboxylic acids is 1. The summed E-state index contributed by atoms with van der Waals surface area (Å²) in [6.45, 7) is 2.53. The van der Waals surface area contributed by atoms with Crippen LogP contribution in [0.2, 0.25) is 5.02 Å². The number of piperazine rings is 1. The molecule has 1 saturated heterocycles. The minimum Gasteiger partial charge on any atom is -0.367 e. The van der Waals surface area contributed by atoms with Crippen LogP contribution < -0.4 is 4.90 Å². The number of carbonyl (C=O) groups is 1. The molecular weight excluding hydrogens is 550 g/mol. The molecule has 2 aromatic carbocycles. The molecule has 1 aliphatic heterocycles. The third-order valence-corrected chi connectivity index (χ3v) is 7.41. The van der Waals surface area contributed by atoms with Crippen LogP contribution in [0.15, 0.2) is 76.6 Å². The molecule has 3 heterocycles. The van der Waals surface area contributed by atoms with Crippen molar-refractivity contribution < 1.29 is 4.79 Å². The van der Waals surface area contributed by atoms with Gasteiger partial charge in [0.15, 0.2) is 10.9 Å². The van der Waals surface area contributed by atoms with Crippen LogP contribution in [-0.4, -0.2) is 61.9 Å². The van der Waals surface area contributed by atoms with Crippen LogP contribution in [0.1, 0.15) is 16.2 Å². The summed E-state index contributed by atoms with van der Waals surface area (Å²) >= 11 is 11.3. The SMILES string of the molecule is O=C(c1nnn(-c2ccc(Br)cc2)c1CSc1ncccn1)N1CCN(c2ccccc2Cl)CC1. The number of aromatic nitrogens is 5. The number of rotatable bonds is 6. The predicted octanol–water partition coefficient (Wildman–Crippen LogP) is 4.73. The minimum atomic E-state index is -0.128. The van der Waals surface area contributed by atoms with Crippen LogP contribution in [-0.2, 0) is 5.75 Å². The van der Waals surface area contributed by atoms with E-state index >= 15 is 0 Å². The zero-order valence-corrected chi connectivity index (χ0v) is 21.7. The molecule has 0 saturated carbocycles. The highest BCUT2D eigenvalue weighted by Gasteiger charge is 2.28. The largest absolute Gasteiger partial charge is 0.367 e. The molecule has 0 aliphatic carbocycles. The van der Waals surface area contributed by atoms with Crippen molar-refractivity contribution in [2.45, 2.75) is 10.9 Å². The summed E-state index contributed by atoms with van der Waals surface area (Å²) in [6, 6.07) is 17.3. The number of para-hydroxylation sites is 1. The molecule has 11 heteroatoms. The molecule has 0 radical (unpaired) electrons. The predicted molar refractivity (Wildman–Crippen MR) is 140 cm³/mol. The number of hydrogen-bond donors (Lipinski definition) is 0. The molecule has 178 valence electrons. The van der Waals surface area contributed by atoms with Crippen LogP contribution in [0.25, 0.3) is 5.69 Å². The van der Waals surface area contributed by atoms with E-state index in [1.807, 2.05) is 53.4 Å². The molecule has 0 spiro atoms. The van der Waals surface area contributed by atoms with Gasteiger partial charge in [0.05, 0.1) is 22.1 Å². The number of nitrogens with zero attached hydrogens (tertiary/aromatic N) is 7. The van der Waals surface area contributed by atoms with Gasteiger partial charge in [0.1, 0.15) is 0 Å². The first-order valence-electron chi connectivity index (χ1n) is 11.0. The van der Waals surface area contributed by atoms with E-state index < -0.39 is 0 Å². The number of amides is 1. The first-order chi connectivity index (χ1) is 17.1. The maximum atomic E-state index is 13.6. The second-order valence-corrected chi connectivity index (χ2v) is 10.1. The molecule has 2 aromatic heterocycles. The van der Waals surface area contributed by atoms with Crippen LogP contribution in [0, 0.1) is 0 Å². The van der Waals surface area contributed by atoms with Gasteiger partial charge < -0.3 is 9.80 Å². The fraction of sp³-hybridized carbons (Fsp3) is 0.208. The molecule has 5 rings (SSSR count). The van der Waals surface area contributed by atoms with Crippen molar-refractivity contribution in [2.75, 3.05) is 31.1 Å². The van der Waals surface area contributed by atoms with Gasteiger partial charge >= 0.3 is 0 Å². The van der Waals surface area contributed by atoms with Crippen molar-refractivity contribution in [1.29, 1.82) is 0 Å². The topological polar surface area (TPSA) is 80.0 Å². The summed E-state index contributed by atoms with van der Waals surface area (Å²) in [6.07, 6.45) is 3.40. The van der Waals surface area contributed by atoms with Crippen molar-refractivity contribution >= 4 is 50.9 Å². The Morgan fingerprint density at radius 1 is 0.971 bits per heavy atom. The Hall–Kier alpha value is -2.95. The quantitative estimate of drug-likeness (QED) is 0.245. The number of thioether (sulfide) groups is 1. The van der Waals surface area contributed by atoms with Gasteiger partial charge in [-0.1, -0.05) is 56.6 Å². The molecule has 1 fully saturated rings. The number of anilines is 1. The normalized spacial score (nSPS) is 13.8. The Kier molecular flexibility index (Phi) is 7.31. The van der Waals surface area contributed by atoms with Crippen molar-refractivity contribution in [3.05, 3.63) is 87.9 Å². The Balaban J connectivity index is 1.38. The van der Waals surface area contributed by atoms with Crippen molar-refractivity contribution in [1.82, 2.24) is 29.9 Å². The average molecular weight is 571 g/mol. The molecule has 1 amide bonds. The maximum Gasteiger partial charge on any atom is 0.276 e. The molecule has 8 nitrogen and oxygen atoms in total. The highest BCUT2D eigenvalue weighted by molar-refractivity contribution is 9.10. The number of benzene rings is 2. The lowest BCUT2D eigenvalue weighted by Crippen LogP contribution is -2.49. The molecule has 0 N–H and O–H groups in total. The Morgan fingerprint density at radius 3 is 2.40 bits per heavy atom. The van der Waals surface area contributed by atoms with Gasteiger partial charge in [-0.3, -0.25) is 4.79 Å². The van der Waals surface area contributed by atoms with Crippen molar-refractivity contribution in [3.63, 3.8) is 0 Å². The van der Waals surface area contributed by atoms with E-state index in [-0.39, 0.29) is 5.91 Å². The van der Waals surface area contributed by atoms with Crippen molar-refractivity contribution in [2.24, 2.45) is 0 Å². The first kappa shape index (κ1) is 23.8. The summed E-state index contributed by atoms with van der Waals surface area (Å²) in [7, 11) is 0. The lowest BCUT2D eigenvalue weighted by molar-refractivity contribution is 0.0740. The van der Waals surface area contributed by atoms with Crippen molar-refractivity contribution in [3.8, 4) is 5.69 Å². The average Bonchev–Trinajstić information content (AvgIpc) is 3.32. The standard InChI is InChI=1S/C24H21BrClN7OS/c25-17-6-8-18(9-7-17)33-21(16-35-24-27-10-3-11-28-24)22(29-30-33)23(34)32-14-12-31(13-15-32)20-5-2-1-4-19(20)26/h1-11H,12-16H2. The molecule has 1 aliphatic rings. The third-order valence-electron chi connectivity index (χ3n) is 5.68. The van der Waals surface area contributed by atoms with E-state index in [4.69, 9.17) is 11.6 Å². The highest BCUT2D eigenvalue weighted by Crippen LogP contribution is 2.27. The molecule has 0 bridgehead atoms. The monoisotopic (exact) mass is 569 g/mol. The van der Waals surface area contributed by atoms with E-state index in [0.29, 0.717) is 53.5 Å². The lowest BCUT2D eigenvalue weighted by atomic mass is 10.2. The van der Waals surface area contributed by atoms with E-state index in [1.165, 1.54) is 11.8 Å². The molecular formula is C24H21BrClN7OS. The second kappa shape index (κ2) is 10.8. The van der Waals surface area contributed by atoms with Gasteiger partial charge in [0, 0.05) is 48.8 Å². The van der Waals surface area contributed by atoms with Gasteiger partial charge in [-0.05, 0) is 42.5 Å². The van der Waals surface area contributed by atoms with E-state index in [2.05, 4.69) is 41.1 Å². The van der Waals surface area contributed by atoms with Gasteiger partial charge in [0.25, 0.3) is 5.91 Å². The fourth-order valence-electron chi connectivity index (χ4n) is 3.89. The summed E-state index contributed by atoms with van der Waals surface area (Å²) in [5.41, 5.74) is 2.88. The first-order valence-corrected chi connectivity index (χ1v) is 13.1. The smallest absolute Gasteiger partial charge is 0.276 e. The van der Waals surface area contributed by atoms with Crippen LogP contribution >= 0.6 is 39.3 Å². The Labute approximate surface area is 220 Å². The Morgan fingerprint density at radius 2 is 1.69 bits per heavy atom. The van der Waals surface area contributed by atoms with Gasteiger partial charge in [-0.2, -0.15) is 0 Å². The lowest BCUT2D eigenvalue weighted by Gasteiger charge is -2.36. The van der Waals surface area contributed by atoms with Crippen LogP contribution in [0.3, 0.4) is 0 Å². The van der Waals surface area contributed by atoms with Crippen LogP contribution in [0.5, 0.6) is 0 Å². The fourth-order valence-corrected chi connectivity index (χ4v) is 5.20. The van der Waals surface area contributed by atoms with E-state index in [1.54, 1.807) is 23.1 Å². The molecule has 35 heavy (non-hydrogen) atoms. The minimum absolute atomic E-state index is 0.128. The summed E-state index contributed by atoms with van der Waals surface area (Å²) in [4.78, 5) is 26.2. The van der Waals surface area contributed by atoms with E-state index in [9.17, 15) is 4.79 Å².